The van der Waals surface area contributed by atoms with E-state index in [1.54, 1.807) is 4.68 Å². The van der Waals surface area contributed by atoms with E-state index in [1.807, 2.05) is 20.2 Å². The monoisotopic (exact) mass is 390 g/mol. The number of fused-ring (bicyclic) bond motifs is 2. The van der Waals surface area contributed by atoms with Crippen molar-refractivity contribution < 1.29 is 4.79 Å². The molecule has 2 aliphatic rings. The number of nitrogens with zero attached hydrogens (tertiary/aromatic N) is 6. The van der Waals surface area contributed by atoms with Crippen LogP contribution >= 0.6 is 0 Å². The van der Waals surface area contributed by atoms with Crippen molar-refractivity contribution in [1.29, 1.82) is 0 Å². The molecule has 1 fully saturated rings. The Balaban J connectivity index is 1.28. The highest BCUT2D eigenvalue weighted by molar-refractivity contribution is 5.87. The number of aromatic nitrogens is 4. The SMILES string of the molecule is Cc1nc(N2CCC(C(=O)N3CCc4ccccc4C3)CC2)c2cnn(C)c2n1. The van der Waals surface area contributed by atoms with Gasteiger partial charge >= 0.3 is 0 Å². The van der Waals surface area contributed by atoms with E-state index in [1.165, 1.54) is 11.1 Å². The first-order chi connectivity index (χ1) is 14.1. The summed E-state index contributed by atoms with van der Waals surface area (Å²) in [4.78, 5) is 26.7. The number of anilines is 1. The highest BCUT2D eigenvalue weighted by Gasteiger charge is 2.31. The van der Waals surface area contributed by atoms with Crippen molar-refractivity contribution in [3.05, 3.63) is 47.4 Å². The maximum Gasteiger partial charge on any atom is 0.226 e. The van der Waals surface area contributed by atoms with Crippen LogP contribution in [0.1, 0.15) is 29.8 Å². The third-order valence-electron chi connectivity index (χ3n) is 6.27. The number of carbonyl (C=O) groups is 1. The Labute approximate surface area is 170 Å². The van der Waals surface area contributed by atoms with Crippen LogP contribution in [0.4, 0.5) is 5.82 Å². The van der Waals surface area contributed by atoms with Crippen LogP contribution in [0.2, 0.25) is 0 Å². The molecule has 3 aromatic rings. The van der Waals surface area contributed by atoms with Crippen LogP contribution in [0.5, 0.6) is 0 Å². The van der Waals surface area contributed by atoms with E-state index in [-0.39, 0.29) is 5.92 Å². The third kappa shape index (κ3) is 3.24. The Morgan fingerprint density at radius 3 is 2.62 bits per heavy atom. The summed E-state index contributed by atoms with van der Waals surface area (Å²) in [5.74, 6) is 2.10. The van der Waals surface area contributed by atoms with Gasteiger partial charge in [-0.1, -0.05) is 24.3 Å². The summed E-state index contributed by atoms with van der Waals surface area (Å²) in [5, 5.41) is 5.32. The summed E-state index contributed by atoms with van der Waals surface area (Å²) < 4.78 is 1.79. The smallest absolute Gasteiger partial charge is 0.226 e. The minimum atomic E-state index is 0.101. The maximum atomic E-state index is 13.1. The highest BCUT2D eigenvalue weighted by Crippen LogP contribution is 2.29. The molecule has 0 spiro atoms. The van der Waals surface area contributed by atoms with Crippen molar-refractivity contribution in [2.45, 2.75) is 32.7 Å². The van der Waals surface area contributed by atoms with Gasteiger partial charge in [-0.15, -0.1) is 0 Å². The molecule has 0 unspecified atom stereocenters. The first-order valence-electron chi connectivity index (χ1n) is 10.4. The number of carbonyl (C=O) groups excluding carboxylic acids is 1. The fourth-order valence-corrected chi connectivity index (χ4v) is 4.63. The standard InChI is InChI=1S/C22H26N6O/c1-15-24-20-19(13-23-26(20)2)21(25-15)27-10-8-17(9-11-27)22(29)28-12-7-16-5-3-4-6-18(16)14-28/h3-6,13,17H,7-12,14H2,1-2H3. The van der Waals surface area contributed by atoms with E-state index in [2.05, 4.69) is 49.1 Å². The molecule has 0 N–H and O–H groups in total. The first-order valence-corrected chi connectivity index (χ1v) is 10.4. The topological polar surface area (TPSA) is 67.2 Å². The molecule has 0 atom stereocenters. The molecule has 1 aromatic carbocycles. The zero-order valence-corrected chi connectivity index (χ0v) is 17.0. The molecule has 0 radical (unpaired) electrons. The van der Waals surface area contributed by atoms with Crippen LogP contribution in [-0.4, -0.2) is 50.2 Å². The number of aryl methyl sites for hydroxylation is 2. The van der Waals surface area contributed by atoms with Gasteiger partial charge in [0.2, 0.25) is 5.91 Å². The average molecular weight is 390 g/mol. The predicted octanol–water partition coefficient (Wildman–Crippen LogP) is 2.47. The molecule has 0 aliphatic carbocycles. The lowest BCUT2D eigenvalue weighted by molar-refractivity contribution is -0.137. The van der Waals surface area contributed by atoms with Crippen LogP contribution in [-0.2, 0) is 24.8 Å². The minimum absolute atomic E-state index is 0.101. The van der Waals surface area contributed by atoms with E-state index < -0.39 is 0 Å². The minimum Gasteiger partial charge on any atom is -0.356 e. The van der Waals surface area contributed by atoms with Gasteiger partial charge in [0.15, 0.2) is 5.65 Å². The number of hydrogen-bond acceptors (Lipinski definition) is 5. The molecule has 7 heteroatoms. The quantitative estimate of drug-likeness (QED) is 0.673. The molecule has 4 heterocycles. The molecule has 1 amide bonds. The molecule has 2 aromatic heterocycles. The molecule has 7 nitrogen and oxygen atoms in total. The van der Waals surface area contributed by atoms with Crippen molar-refractivity contribution >= 4 is 22.8 Å². The van der Waals surface area contributed by atoms with Crippen LogP contribution in [0.15, 0.2) is 30.5 Å². The van der Waals surface area contributed by atoms with Gasteiger partial charge in [0.05, 0.1) is 11.6 Å². The maximum absolute atomic E-state index is 13.1. The Morgan fingerprint density at radius 2 is 1.83 bits per heavy atom. The summed E-state index contributed by atoms with van der Waals surface area (Å²) in [5.41, 5.74) is 3.53. The number of benzene rings is 1. The van der Waals surface area contributed by atoms with Gasteiger partial charge < -0.3 is 9.80 Å². The fourth-order valence-electron chi connectivity index (χ4n) is 4.63. The normalized spacial score (nSPS) is 17.6. The summed E-state index contributed by atoms with van der Waals surface area (Å²) in [6.45, 7) is 5.16. The Kier molecular flexibility index (Phi) is 4.45. The van der Waals surface area contributed by atoms with E-state index >= 15 is 0 Å². The molecule has 150 valence electrons. The van der Waals surface area contributed by atoms with Gasteiger partial charge in [-0.25, -0.2) is 9.97 Å². The van der Waals surface area contributed by atoms with Gasteiger partial charge in [-0.05, 0) is 37.3 Å². The van der Waals surface area contributed by atoms with Gasteiger partial charge in [-0.3, -0.25) is 9.48 Å². The van der Waals surface area contributed by atoms with E-state index in [4.69, 9.17) is 0 Å². The lowest BCUT2D eigenvalue weighted by Gasteiger charge is -2.36. The molecule has 0 saturated carbocycles. The second kappa shape index (κ2) is 7.13. The molecule has 1 saturated heterocycles. The molecule has 0 bridgehead atoms. The lowest BCUT2D eigenvalue weighted by atomic mass is 9.93. The van der Waals surface area contributed by atoms with Crippen molar-refractivity contribution in [3.8, 4) is 0 Å². The predicted molar refractivity (Wildman–Crippen MR) is 112 cm³/mol. The zero-order valence-electron chi connectivity index (χ0n) is 17.0. The van der Waals surface area contributed by atoms with Crippen molar-refractivity contribution in [2.24, 2.45) is 13.0 Å². The molecular formula is C22H26N6O. The fraction of sp³-hybridized carbons (Fsp3) is 0.455. The summed E-state index contributed by atoms with van der Waals surface area (Å²) in [7, 11) is 1.90. The van der Waals surface area contributed by atoms with Crippen molar-refractivity contribution in [1.82, 2.24) is 24.6 Å². The number of amides is 1. The largest absolute Gasteiger partial charge is 0.356 e. The van der Waals surface area contributed by atoms with Gasteiger partial charge in [0.1, 0.15) is 11.6 Å². The summed E-state index contributed by atoms with van der Waals surface area (Å²) >= 11 is 0. The second-order valence-electron chi connectivity index (χ2n) is 8.14. The van der Waals surface area contributed by atoms with Gasteiger partial charge in [0, 0.05) is 39.1 Å². The number of piperidine rings is 1. The Hall–Kier alpha value is -2.96. The van der Waals surface area contributed by atoms with Crippen molar-refractivity contribution in [3.63, 3.8) is 0 Å². The van der Waals surface area contributed by atoms with E-state index in [9.17, 15) is 4.79 Å². The van der Waals surface area contributed by atoms with Crippen LogP contribution in [0, 0.1) is 12.8 Å². The lowest BCUT2D eigenvalue weighted by Crippen LogP contribution is -2.44. The van der Waals surface area contributed by atoms with Gasteiger partial charge in [0.25, 0.3) is 0 Å². The highest BCUT2D eigenvalue weighted by atomic mass is 16.2. The van der Waals surface area contributed by atoms with Crippen molar-refractivity contribution in [2.75, 3.05) is 24.5 Å². The molecule has 29 heavy (non-hydrogen) atoms. The molecular weight excluding hydrogens is 364 g/mol. The zero-order chi connectivity index (χ0) is 20.0. The summed E-state index contributed by atoms with van der Waals surface area (Å²) in [6, 6.07) is 8.47. The third-order valence-corrected chi connectivity index (χ3v) is 6.27. The van der Waals surface area contributed by atoms with E-state index in [0.717, 1.165) is 68.1 Å². The Bertz CT molecular complexity index is 1070. The molecule has 5 rings (SSSR count). The Morgan fingerprint density at radius 1 is 1.07 bits per heavy atom. The summed E-state index contributed by atoms with van der Waals surface area (Å²) in [6.07, 6.45) is 4.52. The van der Waals surface area contributed by atoms with Crippen LogP contribution in [0.3, 0.4) is 0 Å². The number of hydrogen-bond donors (Lipinski definition) is 0. The van der Waals surface area contributed by atoms with E-state index in [0.29, 0.717) is 5.91 Å². The molecule has 2 aliphatic heterocycles. The van der Waals surface area contributed by atoms with Crippen LogP contribution < -0.4 is 4.90 Å². The second-order valence-corrected chi connectivity index (χ2v) is 8.14. The number of rotatable bonds is 2. The van der Waals surface area contributed by atoms with Crippen LogP contribution in [0.25, 0.3) is 11.0 Å². The average Bonchev–Trinajstić information content (AvgIpc) is 3.13. The van der Waals surface area contributed by atoms with Gasteiger partial charge in [-0.2, -0.15) is 5.10 Å². The first kappa shape index (κ1) is 18.1.